The van der Waals surface area contributed by atoms with Crippen LogP contribution in [0.4, 0.5) is 0 Å². The van der Waals surface area contributed by atoms with E-state index in [4.69, 9.17) is 9.84 Å². The Morgan fingerprint density at radius 1 is 1.11 bits per heavy atom. The minimum atomic E-state index is -0.994. The number of nitrogens with one attached hydrogen (secondary N) is 1. The quantitative estimate of drug-likeness (QED) is 0.108. The minimum absolute atomic E-state index is 0.0489. The number of hydrogen-bond acceptors (Lipinski definition) is 7. The van der Waals surface area contributed by atoms with Crippen molar-refractivity contribution in [2.45, 2.75) is 84.0 Å². The maximum Gasteiger partial charge on any atom is 0.327 e. The molecule has 0 radical (unpaired) electrons. The van der Waals surface area contributed by atoms with Gasteiger partial charge in [0.25, 0.3) is 0 Å². The number of piperidine rings is 1. The third kappa shape index (κ3) is 11.4. The SMILES string of the molecule is CO[C@@H](/C=C/CC/C=C/C(=O)O)[C@H](O)[C@@H](C)/C=C(\C)[C@@H](O)[C@@H](C)C(=O)CCCC1CC(=O)NC(=O)C1. The topological polar surface area (TPSA) is 150 Å². The first-order chi connectivity index (χ1) is 17.0. The molecule has 2 amide bonds. The van der Waals surface area contributed by atoms with Gasteiger partial charge in [-0.25, -0.2) is 4.79 Å². The standard InChI is InChI=1S/C27H41NO8/c1-17(14-18(2)27(35)22(36-4)12-7-5-6-8-13-25(32)33)26(34)19(3)21(29)11-9-10-20-15-23(30)28-24(31)16-20/h7-8,12-14,18-20,22,26-27,34-35H,5-6,9-11,15-16H2,1-4H3,(H,32,33)(H,28,30,31)/b12-7+,13-8+,17-14+/t18-,19-,22-,26+,27+/m0/s1. The van der Waals surface area contributed by atoms with E-state index < -0.39 is 30.2 Å². The Labute approximate surface area is 213 Å². The molecule has 0 aliphatic carbocycles. The summed E-state index contributed by atoms with van der Waals surface area (Å²) >= 11 is 0. The Morgan fingerprint density at radius 2 is 1.72 bits per heavy atom. The van der Waals surface area contributed by atoms with Gasteiger partial charge in [0.1, 0.15) is 11.9 Å². The van der Waals surface area contributed by atoms with Crippen molar-refractivity contribution < 1.29 is 39.2 Å². The van der Waals surface area contributed by atoms with Gasteiger partial charge in [0.05, 0.1) is 12.2 Å². The van der Waals surface area contributed by atoms with Crippen LogP contribution in [0.15, 0.2) is 36.0 Å². The Morgan fingerprint density at radius 3 is 2.31 bits per heavy atom. The van der Waals surface area contributed by atoms with Crippen molar-refractivity contribution in [3.8, 4) is 0 Å². The van der Waals surface area contributed by atoms with Crippen LogP contribution >= 0.6 is 0 Å². The average molecular weight is 508 g/mol. The molecule has 202 valence electrons. The van der Waals surface area contributed by atoms with E-state index >= 15 is 0 Å². The second-order valence-corrected chi connectivity index (χ2v) is 9.54. The van der Waals surface area contributed by atoms with Gasteiger partial charge in [0.15, 0.2) is 0 Å². The summed E-state index contributed by atoms with van der Waals surface area (Å²) < 4.78 is 5.37. The van der Waals surface area contributed by atoms with E-state index in [1.54, 1.807) is 39.0 Å². The summed E-state index contributed by atoms with van der Waals surface area (Å²) in [6.07, 6.45) is 8.60. The van der Waals surface area contributed by atoms with Gasteiger partial charge < -0.3 is 20.1 Å². The number of carbonyl (C=O) groups excluding carboxylic acids is 3. The van der Waals surface area contributed by atoms with Crippen molar-refractivity contribution in [1.29, 1.82) is 0 Å². The van der Waals surface area contributed by atoms with Crippen LogP contribution in [0.3, 0.4) is 0 Å². The second-order valence-electron chi connectivity index (χ2n) is 9.54. The van der Waals surface area contributed by atoms with Crippen LogP contribution in [-0.2, 0) is 23.9 Å². The van der Waals surface area contributed by atoms with E-state index in [0.29, 0.717) is 44.1 Å². The van der Waals surface area contributed by atoms with E-state index in [0.717, 1.165) is 6.08 Å². The first-order valence-electron chi connectivity index (χ1n) is 12.4. The highest BCUT2D eigenvalue weighted by molar-refractivity contribution is 5.97. The van der Waals surface area contributed by atoms with Crippen molar-refractivity contribution in [1.82, 2.24) is 5.32 Å². The molecule has 1 heterocycles. The van der Waals surface area contributed by atoms with Gasteiger partial charge in [-0.1, -0.05) is 38.2 Å². The number of rotatable bonds is 16. The van der Waals surface area contributed by atoms with Gasteiger partial charge in [-0.05, 0) is 44.1 Å². The van der Waals surface area contributed by atoms with Gasteiger partial charge in [-0.15, -0.1) is 0 Å². The predicted molar refractivity (Wildman–Crippen MR) is 135 cm³/mol. The average Bonchev–Trinajstić information content (AvgIpc) is 2.81. The number of Topliss-reactive ketones (excluding diaryl/α,β-unsaturated/α-hetero) is 1. The van der Waals surface area contributed by atoms with Crippen LogP contribution in [0.2, 0.25) is 0 Å². The fraction of sp³-hybridized carbons (Fsp3) is 0.630. The van der Waals surface area contributed by atoms with Crippen LogP contribution in [0, 0.1) is 17.8 Å². The lowest BCUT2D eigenvalue weighted by atomic mass is 9.87. The largest absolute Gasteiger partial charge is 0.478 e. The van der Waals surface area contributed by atoms with Crippen LogP contribution in [-0.4, -0.2) is 64.3 Å². The minimum Gasteiger partial charge on any atom is -0.478 e. The van der Waals surface area contributed by atoms with Gasteiger partial charge >= 0.3 is 5.97 Å². The number of aliphatic hydroxyl groups is 2. The molecule has 9 nitrogen and oxygen atoms in total. The summed E-state index contributed by atoms with van der Waals surface area (Å²) in [5.74, 6) is -2.68. The molecule has 4 N–H and O–H groups in total. The number of ketones is 1. The number of unbranched alkanes of at least 4 members (excludes halogenated alkanes) is 1. The second kappa shape index (κ2) is 16.2. The van der Waals surface area contributed by atoms with Crippen molar-refractivity contribution in [3.05, 3.63) is 36.0 Å². The molecule has 0 spiro atoms. The highest BCUT2D eigenvalue weighted by atomic mass is 16.5. The molecule has 1 aliphatic heterocycles. The van der Waals surface area contributed by atoms with E-state index in [9.17, 15) is 29.4 Å². The molecule has 1 saturated heterocycles. The number of aliphatic carboxylic acids is 1. The molecular formula is C27H41NO8. The fourth-order valence-corrected chi connectivity index (χ4v) is 4.27. The number of aliphatic hydroxyl groups excluding tert-OH is 2. The Hall–Kier alpha value is -2.62. The van der Waals surface area contributed by atoms with E-state index in [1.165, 1.54) is 7.11 Å². The van der Waals surface area contributed by atoms with Gasteiger partial charge in [-0.3, -0.25) is 19.7 Å². The summed E-state index contributed by atoms with van der Waals surface area (Å²) in [4.78, 5) is 46.0. The van der Waals surface area contributed by atoms with Crippen LogP contribution in [0.1, 0.15) is 65.7 Å². The van der Waals surface area contributed by atoms with Crippen molar-refractivity contribution in [2.75, 3.05) is 7.11 Å². The van der Waals surface area contributed by atoms with Crippen molar-refractivity contribution in [3.63, 3.8) is 0 Å². The summed E-state index contributed by atoms with van der Waals surface area (Å²) in [6, 6.07) is 0. The normalized spacial score (nSPS) is 19.8. The first kappa shape index (κ1) is 31.4. The molecular weight excluding hydrogens is 466 g/mol. The number of hydrogen-bond donors (Lipinski definition) is 4. The zero-order valence-corrected chi connectivity index (χ0v) is 21.7. The number of carboxylic acids is 1. The van der Waals surface area contributed by atoms with E-state index in [1.807, 2.05) is 6.08 Å². The molecule has 0 bridgehead atoms. The lowest BCUT2D eigenvalue weighted by Gasteiger charge is -2.25. The highest BCUT2D eigenvalue weighted by Gasteiger charge is 2.27. The third-order valence-electron chi connectivity index (χ3n) is 6.47. The van der Waals surface area contributed by atoms with Gasteiger partial charge in [0, 0.05) is 44.3 Å². The third-order valence-corrected chi connectivity index (χ3v) is 6.47. The molecule has 0 aromatic rings. The predicted octanol–water partition coefficient (Wildman–Crippen LogP) is 2.71. The summed E-state index contributed by atoms with van der Waals surface area (Å²) in [6.45, 7) is 5.18. The number of carbonyl (C=O) groups is 4. The van der Waals surface area contributed by atoms with E-state index in [-0.39, 0.29) is 35.9 Å². The molecule has 5 atom stereocenters. The smallest absolute Gasteiger partial charge is 0.327 e. The number of amides is 2. The van der Waals surface area contributed by atoms with Crippen LogP contribution < -0.4 is 5.32 Å². The molecule has 0 aromatic carbocycles. The first-order valence-corrected chi connectivity index (χ1v) is 12.4. The number of allylic oxidation sites excluding steroid dienone is 2. The lowest BCUT2D eigenvalue weighted by Crippen LogP contribution is -2.38. The van der Waals surface area contributed by atoms with Crippen LogP contribution in [0.25, 0.3) is 0 Å². The van der Waals surface area contributed by atoms with Gasteiger partial charge in [0.2, 0.25) is 11.8 Å². The Bertz CT molecular complexity index is 831. The molecule has 1 fully saturated rings. The number of ether oxygens (including phenoxy) is 1. The molecule has 1 rings (SSSR count). The van der Waals surface area contributed by atoms with Crippen molar-refractivity contribution in [2.24, 2.45) is 17.8 Å². The highest BCUT2D eigenvalue weighted by Crippen LogP contribution is 2.23. The number of methoxy groups -OCH3 is 1. The maximum absolute atomic E-state index is 12.6. The van der Waals surface area contributed by atoms with Crippen molar-refractivity contribution >= 4 is 23.6 Å². The number of carboxylic acid groups (broad SMARTS) is 1. The zero-order chi connectivity index (χ0) is 27.3. The van der Waals surface area contributed by atoms with Gasteiger partial charge in [-0.2, -0.15) is 0 Å². The Balaban J connectivity index is 2.57. The monoisotopic (exact) mass is 507 g/mol. The summed E-state index contributed by atoms with van der Waals surface area (Å²) in [5, 5.41) is 32.3. The maximum atomic E-state index is 12.6. The zero-order valence-electron chi connectivity index (χ0n) is 21.7. The van der Waals surface area contributed by atoms with Crippen LogP contribution in [0.5, 0.6) is 0 Å². The number of imide groups is 1. The summed E-state index contributed by atoms with van der Waals surface area (Å²) in [5.41, 5.74) is 0.578. The molecule has 9 heteroatoms. The lowest BCUT2D eigenvalue weighted by molar-refractivity contribution is -0.135. The fourth-order valence-electron chi connectivity index (χ4n) is 4.27. The van der Waals surface area contributed by atoms with E-state index in [2.05, 4.69) is 5.32 Å². The Kier molecular flexibility index (Phi) is 14.1. The molecule has 0 saturated carbocycles. The molecule has 0 aromatic heterocycles. The molecule has 0 unspecified atom stereocenters. The molecule has 1 aliphatic rings. The summed E-state index contributed by atoms with van der Waals surface area (Å²) in [7, 11) is 1.48. The molecule has 36 heavy (non-hydrogen) atoms.